The average molecular weight is 347 g/mol. The Morgan fingerprint density at radius 1 is 1.28 bits per heavy atom. The van der Waals surface area contributed by atoms with Crippen molar-refractivity contribution in [3.63, 3.8) is 0 Å². The summed E-state index contributed by atoms with van der Waals surface area (Å²) in [6, 6.07) is 0. The van der Waals surface area contributed by atoms with Crippen LogP contribution in [0.15, 0.2) is 11.6 Å². The molecule has 3 saturated carbocycles. The van der Waals surface area contributed by atoms with Crippen LogP contribution < -0.4 is 0 Å². The summed E-state index contributed by atoms with van der Waals surface area (Å²) in [4.78, 5) is 11.9. The van der Waals surface area contributed by atoms with Gasteiger partial charge in [-0.05, 0) is 74.0 Å². The Hall–Kier alpha value is -0.830. The fraction of sp³-hybridized carbons (Fsp3) is 0.864. The van der Waals surface area contributed by atoms with Crippen molar-refractivity contribution in [3.8, 4) is 0 Å². The summed E-state index contributed by atoms with van der Waals surface area (Å²) in [5.74, 6) is 1.54. The minimum absolute atomic E-state index is 0.0164. The Labute approximate surface area is 152 Å². The zero-order valence-electron chi connectivity index (χ0n) is 16.3. The monoisotopic (exact) mass is 346 g/mol. The van der Waals surface area contributed by atoms with Crippen molar-refractivity contribution in [2.45, 2.75) is 78.7 Å². The fourth-order valence-corrected chi connectivity index (χ4v) is 7.76. The van der Waals surface area contributed by atoms with E-state index in [1.807, 2.05) is 0 Å². The lowest BCUT2D eigenvalue weighted by molar-refractivity contribution is -0.208. The second-order valence-electron chi connectivity index (χ2n) is 10.1. The van der Waals surface area contributed by atoms with Crippen molar-refractivity contribution in [2.75, 3.05) is 6.61 Å². The number of carbonyl (C=O) groups is 1. The van der Waals surface area contributed by atoms with Crippen molar-refractivity contribution in [3.05, 3.63) is 11.6 Å². The Morgan fingerprint density at radius 2 is 2.04 bits per heavy atom. The summed E-state index contributed by atoms with van der Waals surface area (Å²) in [5, 5.41) is 10.2. The molecular weight excluding hydrogens is 312 g/mol. The first-order chi connectivity index (χ1) is 11.7. The number of aliphatic hydroxyl groups is 1. The first-order valence-corrected chi connectivity index (χ1v) is 10.2. The molecule has 0 amide bonds. The van der Waals surface area contributed by atoms with Crippen molar-refractivity contribution < 1.29 is 14.6 Å². The lowest BCUT2D eigenvalue weighted by atomic mass is 9.40. The average Bonchev–Trinajstić information content (AvgIpc) is 2.79. The van der Waals surface area contributed by atoms with Gasteiger partial charge in [0.05, 0.1) is 0 Å². The van der Waals surface area contributed by atoms with Gasteiger partial charge >= 0.3 is 5.97 Å². The highest BCUT2D eigenvalue weighted by Crippen LogP contribution is 2.71. The van der Waals surface area contributed by atoms with Crippen LogP contribution in [0.5, 0.6) is 0 Å². The van der Waals surface area contributed by atoms with E-state index in [4.69, 9.17) is 4.74 Å². The normalized spacial score (nSPS) is 51.3. The summed E-state index contributed by atoms with van der Waals surface area (Å²) in [5.41, 5.74) is 1.76. The zero-order valence-corrected chi connectivity index (χ0v) is 16.3. The van der Waals surface area contributed by atoms with Crippen LogP contribution in [0, 0.1) is 34.0 Å². The number of allylic oxidation sites excluding steroid dienone is 1. The maximum atomic E-state index is 11.9. The van der Waals surface area contributed by atoms with Gasteiger partial charge in [-0.15, -0.1) is 0 Å². The fourth-order valence-electron chi connectivity index (χ4n) is 7.76. The van der Waals surface area contributed by atoms with E-state index in [-0.39, 0.29) is 34.9 Å². The van der Waals surface area contributed by atoms with Gasteiger partial charge in [0.2, 0.25) is 0 Å². The molecular formula is C22H34O3. The van der Waals surface area contributed by atoms with E-state index in [1.54, 1.807) is 6.92 Å². The number of esters is 1. The topological polar surface area (TPSA) is 46.5 Å². The van der Waals surface area contributed by atoms with E-state index >= 15 is 0 Å². The molecule has 0 heterocycles. The van der Waals surface area contributed by atoms with Crippen LogP contribution in [0.2, 0.25) is 0 Å². The highest BCUT2D eigenvalue weighted by atomic mass is 16.5. The van der Waals surface area contributed by atoms with Crippen molar-refractivity contribution >= 4 is 5.97 Å². The van der Waals surface area contributed by atoms with Gasteiger partial charge in [-0.1, -0.05) is 31.9 Å². The van der Waals surface area contributed by atoms with Crippen LogP contribution in [-0.4, -0.2) is 23.8 Å². The number of hydrogen-bond acceptors (Lipinski definition) is 3. The summed E-state index contributed by atoms with van der Waals surface area (Å²) in [6.07, 6.45) is 10.6. The number of hydrogen-bond donors (Lipinski definition) is 1. The van der Waals surface area contributed by atoms with Gasteiger partial charge in [-0.25, -0.2) is 0 Å². The quantitative estimate of drug-likeness (QED) is 0.592. The highest BCUT2D eigenvalue weighted by Gasteiger charge is 2.66. The molecule has 2 bridgehead atoms. The van der Waals surface area contributed by atoms with E-state index in [9.17, 15) is 9.90 Å². The second-order valence-corrected chi connectivity index (χ2v) is 10.1. The minimum Gasteiger partial charge on any atom is -0.462 e. The van der Waals surface area contributed by atoms with Gasteiger partial charge in [0.15, 0.2) is 0 Å². The Balaban J connectivity index is 1.81. The molecule has 0 aromatic heterocycles. The van der Waals surface area contributed by atoms with Crippen molar-refractivity contribution in [2.24, 2.45) is 34.0 Å². The van der Waals surface area contributed by atoms with Crippen molar-refractivity contribution in [1.29, 1.82) is 0 Å². The van der Waals surface area contributed by atoms with Gasteiger partial charge in [-0.2, -0.15) is 0 Å². The number of carbonyl (C=O) groups excluding carboxylic acids is 1. The number of aliphatic hydroxyl groups excluding tert-OH is 1. The Kier molecular flexibility index (Phi) is 3.92. The van der Waals surface area contributed by atoms with Gasteiger partial charge in [-0.3, -0.25) is 4.79 Å². The molecule has 1 spiro atoms. The van der Waals surface area contributed by atoms with E-state index in [1.165, 1.54) is 37.7 Å². The summed E-state index contributed by atoms with van der Waals surface area (Å²) < 4.78 is 6.00. The van der Waals surface area contributed by atoms with Crippen LogP contribution in [0.1, 0.15) is 72.6 Å². The van der Waals surface area contributed by atoms with Gasteiger partial charge in [0, 0.05) is 18.9 Å². The molecule has 3 heteroatoms. The molecule has 0 aliphatic heterocycles. The molecule has 0 saturated heterocycles. The minimum atomic E-state index is -0.150. The van der Waals surface area contributed by atoms with E-state index in [0.717, 1.165) is 12.8 Å². The molecule has 3 nitrogen and oxygen atoms in total. The van der Waals surface area contributed by atoms with Crippen LogP contribution in [-0.2, 0) is 9.53 Å². The van der Waals surface area contributed by atoms with Gasteiger partial charge in [0.1, 0.15) is 6.10 Å². The molecule has 0 aromatic rings. The number of fused-ring (bicyclic) bond motifs is 3. The molecule has 7 atom stereocenters. The molecule has 0 aromatic carbocycles. The Morgan fingerprint density at radius 3 is 2.72 bits per heavy atom. The molecule has 140 valence electrons. The van der Waals surface area contributed by atoms with Crippen LogP contribution in [0.25, 0.3) is 0 Å². The molecule has 1 N–H and O–H groups in total. The first-order valence-electron chi connectivity index (χ1n) is 10.2. The van der Waals surface area contributed by atoms with Crippen molar-refractivity contribution in [1.82, 2.24) is 0 Å². The van der Waals surface area contributed by atoms with E-state index in [0.29, 0.717) is 17.8 Å². The highest BCUT2D eigenvalue weighted by molar-refractivity contribution is 5.66. The summed E-state index contributed by atoms with van der Waals surface area (Å²) >= 11 is 0. The molecule has 3 fully saturated rings. The smallest absolute Gasteiger partial charge is 0.302 e. The lowest BCUT2D eigenvalue weighted by Crippen LogP contribution is -2.62. The summed E-state index contributed by atoms with van der Waals surface area (Å²) in [6.45, 7) is 8.83. The maximum absolute atomic E-state index is 11.9. The second kappa shape index (κ2) is 5.58. The Bertz CT molecular complexity index is 610. The predicted octanol–water partition coefficient (Wildman–Crippen LogP) is 4.49. The van der Waals surface area contributed by atoms with Crippen LogP contribution >= 0.6 is 0 Å². The third kappa shape index (κ3) is 2.30. The van der Waals surface area contributed by atoms with Crippen LogP contribution in [0.4, 0.5) is 0 Å². The zero-order chi connectivity index (χ0) is 18.0. The standard InChI is InChI=1S/C22H34O3/c1-14-11-22-12-16(14)6-7-17(22)21(4)9-5-8-20(3,13-23)18(21)10-19(22)25-15(2)24/h11,16-19,23H,5-10,12-13H2,1-4H3/t16?,17-,18+,19-,20+,21-,22+/m0/s1. The molecule has 0 radical (unpaired) electrons. The summed E-state index contributed by atoms with van der Waals surface area (Å²) in [7, 11) is 0. The molecule has 4 aliphatic carbocycles. The van der Waals surface area contributed by atoms with E-state index in [2.05, 4.69) is 26.8 Å². The molecule has 4 aliphatic rings. The third-order valence-corrected chi connectivity index (χ3v) is 8.81. The van der Waals surface area contributed by atoms with Crippen LogP contribution in [0.3, 0.4) is 0 Å². The molecule has 25 heavy (non-hydrogen) atoms. The number of rotatable bonds is 2. The molecule has 4 rings (SSSR count). The van der Waals surface area contributed by atoms with Gasteiger partial charge < -0.3 is 9.84 Å². The lowest BCUT2D eigenvalue weighted by Gasteiger charge is -2.65. The third-order valence-electron chi connectivity index (χ3n) is 8.81. The largest absolute Gasteiger partial charge is 0.462 e. The molecule has 1 unspecified atom stereocenters. The predicted molar refractivity (Wildman–Crippen MR) is 97.8 cm³/mol. The SMILES string of the molecule is CC(=O)O[C@H]1C[C@@H]2[C@@](C)(CO)CCC[C@@]2(C)[C@@H]2CCC3C[C@@]12C=C3C. The number of ether oxygens (including phenoxy) is 1. The van der Waals surface area contributed by atoms with E-state index < -0.39 is 0 Å². The van der Waals surface area contributed by atoms with Gasteiger partial charge in [0.25, 0.3) is 0 Å². The maximum Gasteiger partial charge on any atom is 0.302 e. The first kappa shape index (κ1) is 17.6.